The van der Waals surface area contributed by atoms with Crippen LogP contribution >= 0.6 is 23.2 Å². The molecule has 4 heteroatoms. The Hall–Kier alpha value is -1.22. The van der Waals surface area contributed by atoms with Crippen molar-refractivity contribution in [1.82, 2.24) is 0 Å². The Labute approximate surface area is 135 Å². The summed E-state index contributed by atoms with van der Waals surface area (Å²) in [5.74, 6) is 0.789. The normalized spacial score (nSPS) is 12.5. The van der Waals surface area contributed by atoms with Crippen LogP contribution in [0.3, 0.4) is 0 Å². The maximum absolute atomic E-state index is 10.3. The van der Waals surface area contributed by atoms with Crippen LogP contribution in [0.25, 0.3) is 0 Å². The zero-order valence-electron chi connectivity index (χ0n) is 12.0. The van der Waals surface area contributed by atoms with Crippen molar-refractivity contribution in [3.05, 3.63) is 63.6 Å². The SMILES string of the molecule is CC(C)Oc1ccc(C(O)Cc2c(Cl)cccc2Cl)cc1. The van der Waals surface area contributed by atoms with E-state index in [1.165, 1.54) is 0 Å². The molecule has 0 aromatic heterocycles. The smallest absolute Gasteiger partial charge is 0.119 e. The van der Waals surface area contributed by atoms with E-state index in [-0.39, 0.29) is 6.10 Å². The topological polar surface area (TPSA) is 29.5 Å². The Morgan fingerprint density at radius 3 is 2.10 bits per heavy atom. The molecule has 2 aromatic rings. The minimum atomic E-state index is -0.657. The zero-order chi connectivity index (χ0) is 15.4. The van der Waals surface area contributed by atoms with Crippen molar-refractivity contribution in [2.45, 2.75) is 32.5 Å². The first-order valence-electron chi connectivity index (χ1n) is 6.85. The summed E-state index contributed by atoms with van der Waals surface area (Å²) in [5, 5.41) is 11.5. The highest BCUT2D eigenvalue weighted by atomic mass is 35.5. The Bertz CT molecular complexity index is 574. The Morgan fingerprint density at radius 2 is 1.57 bits per heavy atom. The molecule has 1 atom stereocenters. The molecule has 2 nitrogen and oxygen atoms in total. The van der Waals surface area contributed by atoms with Gasteiger partial charge >= 0.3 is 0 Å². The molecule has 0 aliphatic rings. The molecule has 2 aromatic carbocycles. The van der Waals surface area contributed by atoms with Crippen LogP contribution in [0.5, 0.6) is 5.75 Å². The number of hydrogen-bond acceptors (Lipinski definition) is 2. The number of aliphatic hydroxyl groups excluding tert-OH is 1. The van der Waals surface area contributed by atoms with E-state index in [0.29, 0.717) is 16.5 Å². The molecule has 0 heterocycles. The van der Waals surface area contributed by atoms with E-state index in [4.69, 9.17) is 27.9 Å². The van der Waals surface area contributed by atoms with E-state index < -0.39 is 6.10 Å². The predicted molar refractivity (Wildman–Crippen MR) is 87.3 cm³/mol. The van der Waals surface area contributed by atoms with Crippen LogP contribution in [0.1, 0.15) is 31.1 Å². The maximum Gasteiger partial charge on any atom is 0.119 e. The molecule has 2 rings (SSSR count). The molecule has 0 aliphatic heterocycles. The second kappa shape index (κ2) is 7.17. The first kappa shape index (κ1) is 16.2. The molecule has 0 radical (unpaired) electrons. The fraction of sp³-hybridized carbons (Fsp3) is 0.294. The van der Waals surface area contributed by atoms with Gasteiger partial charge in [0.05, 0.1) is 12.2 Å². The van der Waals surface area contributed by atoms with Crippen LogP contribution in [0.4, 0.5) is 0 Å². The highest BCUT2D eigenvalue weighted by Gasteiger charge is 2.13. The quantitative estimate of drug-likeness (QED) is 0.833. The van der Waals surface area contributed by atoms with Gasteiger partial charge in [0, 0.05) is 16.5 Å². The van der Waals surface area contributed by atoms with E-state index >= 15 is 0 Å². The largest absolute Gasteiger partial charge is 0.491 e. The molecule has 1 N–H and O–H groups in total. The Balaban J connectivity index is 2.11. The van der Waals surface area contributed by atoms with Crippen molar-refractivity contribution in [3.8, 4) is 5.75 Å². The predicted octanol–water partition coefficient (Wildman–Crippen LogP) is 5.06. The van der Waals surface area contributed by atoms with Crippen LogP contribution in [-0.4, -0.2) is 11.2 Å². The van der Waals surface area contributed by atoms with Crippen LogP contribution in [0.2, 0.25) is 10.0 Å². The number of aliphatic hydroxyl groups is 1. The minimum absolute atomic E-state index is 0.128. The van der Waals surface area contributed by atoms with Crippen molar-refractivity contribution in [1.29, 1.82) is 0 Å². The fourth-order valence-electron chi connectivity index (χ4n) is 2.08. The van der Waals surface area contributed by atoms with E-state index in [1.807, 2.05) is 38.1 Å². The molecular formula is C17H18Cl2O2. The second-order valence-electron chi connectivity index (χ2n) is 5.16. The van der Waals surface area contributed by atoms with Crippen molar-refractivity contribution in [2.75, 3.05) is 0 Å². The van der Waals surface area contributed by atoms with E-state index in [9.17, 15) is 5.11 Å². The molecule has 1 unspecified atom stereocenters. The van der Waals surface area contributed by atoms with Gasteiger partial charge in [-0.05, 0) is 49.2 Å². The number of hydrogen-bond donors (Lipinski definition) is 1. The van der Waals surface area contributed by atoms with Crippen LogP contribution in [-0.2, 0) is 6.42 Å². The van der Waals surface area contributed by atoms with Crippen LogP contribution in [0, 0.1) is 0 Å². The van der Waals surface area contributed by atoms with Gasteiger partial charge in [-0.1, -0.05) is 41.4 Å². The van der Waals surface area contributed by atoms with Gasteiger partial charge in [-0.25, -0.2) is 0 Å². The standard InChI is InChI=1S/C17H18Cl2O2/c1-11(2)21-13-8-6-12(7-9-13)17(20)10-14-15(18)4-3-5-16(14)19/h3-9,11,17,20H,10H2,1-2H3. The molecule has 0 saturated carbocycles. The van der Waals surface area contributed by atoms with Gasteiger partial charge in [-0.15, -0.1) is 0 Å². The molecule has 0 amide bonds. The van der Waals surface area contributed by atoms with Crippen LogP contribution < -0.4 is 4.74 Å². The maximum atomic E-state index is 10.3. The number of benzene rings is 2. The molecule has 0 fully saturated rings. The summed E-state index contributed by atoms with van der Waals surface area (Å²) in [4.78, 5) is 0. The van der Waals surface area contributed by atoms with E-state index in [0.717, 1.165) is 16.9 Å². The lowest BCUT2D eigenvalue weighted by Crippen LogP contribution is -2.06. The number of halogens is 2. The van der Waals surface area contributed by atoms with Crippen molar-refractivity contribution < 1.29 is 9.84 Å². The number of rotatable bonds is 5. The molecule has 112 valence electrons. The van der Waals surface area contributed by atoms with Gasteiger partial charge < -0.3 is 9.84 Å². The highest BCUT2D eigenvalue weighted by Crippen LogP contribution is 2.29. The summed E-state index contributed by atoms with van der Waals surface area (Å²) >= 11 is 12.3. The second-order valence-corrected chi connectivity index (χ2v) is 5.97. The Kier molecular flexibility index (Phi) is 5.51. The third-order valence-electron chi connectivity index (χ3n) is 3.10. The molecule has 21 heavy (non-hydrogen) atoms. The Morgan fingerprint density at radius 1 is 1.00 bits per heavy atom. The van der Waals surface area contributed by atoms with Gasteiger partial charge in [0.1, 0.15) is 5.75 Å². The first-order chi connectivity index (χ1) is 9.97. The average Bonchev–Trinajstić information content (AvgIpc) is 2.43. The van der Waals surface area contributed by atoms with Crippen LogP contribution in [0.15, 0.2) is 42.5 Å². The monoisotopic (exact) mass is 324 g/mol. The summed E-state index contributed by atoms with van der Waals surface area (Å²) in [6, 6.07) is 12.8. The van der Waals surface area contributed by atoms with Crippen molar-refractivity contribution in [3.63, 3.8) is 0 Å². The van der Waals surface area contributed by atoms with Gasteiger partial charge in [0.25, 0.3) is 0 Å². The van der Waals surface area contributed by atoms with Gasteiger partial charge in [0.2, 0.25) is 0 Å². The summed E-state index contributed by atoms with van der Waals surface area (Å²) < 4.78 is 5.58. The van der Waals surface area contributed by atoms with Crippen molar-refractivity contribution in [2.24, 2.45) is 0 Å². The van der Waals surface area contributed by atoms with Gasteiger partial charge in [0.15, 0.2) is 0 Å². The lowest BCUT2D eigenvalue weighted by atomic mass is 10.0. The summed E-state index contributed by atoms with van der Waals surface area (Å²) in [6.07, 6.45) is -0.152. The average molecular weight is 325 g/mol. The number of ether oxygens (including phenoxy) is 1. The molecule has 0 saturated heterocycles. The first-order valence-corrected chi connectivity index (χ1v) is 7.60. The van der Waals surface area contributed by atoms with Crippen molar-refractivity contribution >= 4 is 23.2 Å². The van der Waals surface area contributed by atoms with E-state index in [1.54, 1.807) is 18.2 Å². The molecule has 0 aliphatic carbocycles. The zero-order valence-corrected chi connectivity index (χ0v) is 13.5. The summed E-state index contributed by atoms with van der Waals surface area (Å²) in [7, 11) is 0. The lowest BCUT2D eigenvalue weighted by Gasteiger charge is -2.15. The van der Waals surface area contributed by atoms with Gasteiger partial charge in [-0.2, -0.15) is 0 Å². The minimum Gasteiger partial charge on any atom is -0.491 e. The lowest BCUT2D eigenvalue weighted by molar-refractivity contribution is 0.178. The highest BCUT2D eigenvalue weighted by molar-refractivity contribution is 6.36. The van der Waals surface area contributed by atoms with E-state index in [2.05, 4.69) is 0 Å². The third kappa shape index (κ3) is 4.37. The summed E-state index contributed by atoms with van der Waals surface area (Å²) in [6.45, 7) is 3.95. The fourth-order valence-corrected chi connectivity index (χ4v) is 2.63. The third-order valence-corrected chi connectivity index (χ3v) is 3.80. The summed E-state index contributed by atoms with van der Waals surface area (Å²) in [5.41, 5.74) is 1.57. The molecular weight excluding hydrogens is 307 g/mol. The molecule has 0 spiro atoms. The molecule has 0 bridgehead atoms. The van der Waals surface area contributed by atoms with Gasteiger partial charge in [-0.3, -0.25) is 0 Å².